The molecule has 0 heterocycles. The summed E-state index contributed by atoms with van der Waals surface area (Å²) in [6.07, 6.45) is 21.0. The minimum atomic E-state index is 0.696. The highest BCUT2D eigenvalue weighted by Gasteiger charge is 2.15. The highest BCUT2D eigenvalue weighted by Crippen LogP contribution is 2.41. The summed E-state index contributed by atoms with van der Waals surface area (Å²) < 4.78 is 11.6. The first-order valence-corrected chi connectivity index (χ1v) is 16.2. The fourth-order valence-corrected chi connectivity index (χ4v) is 5.81. The maximum absolute atomic E-state index is 6.20. The third-order valence-corrected chi connectivity index (χ3v) is 8.25. The summed E-state index contributed by atoms with van der Waals surface area (Å²) in [6.45, 7) is 5.23. The first-order chi connectivity index (χ1) is 18.7. The zero-order valence-corrected chi connectivity index (χ0v) is 25.3. The van der Waals surface area contributed by atoms with Gasteiger partial charge in [-0.2, -0.15) is 5.53 Å². The van der Waals surface area contributed by atoms with Crippen molar-refractivity contribution in [1.82, 2.24) is 0 Å². The number of thioether (sulfide) groups is 1. The van der Waals surface area contributed by atoms with E-state index in [1.54, 1.807) is 7.11 Å². The molecule has 0 saturated carbocycles. The van der Waals surface area contributed by atoms with E-state index in [-0.39, 0.29) is 0 Å². The zero-order valence-electron chi connectivity index (χ0n) is 24.4. The number of benzene rings is 2. The fraction of sp³-hybridized carbons (Fsp3) is 0.636. The van der Waals surface area contributed by atoms with Crippen molar-refractivity contribution in [2.75, 3.05) is 19.5 Å². The van der Waals surface area contributed by atoms with E-state index in [1.165, 1.54) is 107 Å². The second-order valence-electron chi connectivity index (χ2n) is 10.3. The fourth-order valence-electron chi connectivity index (χ4n) is 4.72. The number of hydrogen-bond donors (Lipinski definition) is 1. The second-order valence-corrected chi connectivity index (χ2v) is 11.5. The van der Waals surface area contributed by atoms with Crippen LogP contribution >= 0.6 is 11.8 Å². The maximum atomic E-state index is 6.20. The Morgan fingerprint density at radius 2 is 1.26 bits per heavy atom. The predicted octanol–water partition coefficient (Wildman–Crippen LogP) is 9.96. The topological polar surface area (TPSA) is 56.4 Å². The molecule has 0 aliphatic carbocycles. The Hall–Kier alpha value is -2.01. The van der Waals surface area contributed by atoms with Crippen molar-refractivity contribution < 1.29 is 15.0 Å². The van der Waals surface area contributed by atoms with Gasteiger partial charge in [0.25, 0.3) is 0 Å². The molecule has 0 fully saturated rings. The molecule has 2 aromatic carbocycles. The Bertz CT molecular complexity index is 885. The molecule has 2 aromatic rings. The van der Waals surface area contributed by atoms with E-state index in [4.69, 9.17) is 15.0 Å². The van der Waals surface area contributed by atoms with Crippen LogP contribution in [0.25, 0.3) is 11.1 Å². The van der Waals surface area contributed by atoms with Crippen LogP contribution in [0.4, 0.5) is 5.69 Å². The van der Waals surface area contributed by atoms with Crippen molar-refractivity contribution in [3.05, 3.63) is 36.4 Å². The van der Waals surface area contributed by atoms with Gasteiger partial charge in [0.15, 0.2) is 11.4 Å². The molecule has 0 bridgehead atoms. The molecule has 2 N–H and O–H groups in total. The van der Waals surface area contributed by atoms with Gasteiger partial charge >= 0.3 is 0 Å². The predicted molar refractivity (Wildman–Crippen MR) is 164 cm³/mol. The summed E-state index contributed by atoms with van der Waals surface area (Å²) in [5, 5.41) is 4.08. The zero-order chi connectivity index (χ0) is 27.3. The van der Waals surface area contributed by atoms with E-state index >= 15 is 0 Å². The smallest absolute Gasteiger partial charge is 0.172 e. The first kappa shape index (κ1) is 32.2. The van der Waals surface area contributed by atoms with E-state index in [2.05, 4.69) is 43.2 Å². The van der Waals surface area contributed by atoms with Gasteiger partial charge in [0.1, 0.15) is 5.75 Å². The number of unbranched alkanes of at least 4 members (excludes halogenated alkanes) is 14. The standard InChI is InChI=1S/C33H52N2O2S/c1-4-6-8-10-12-13-14-15-17-19-25-38-33-27-31(35-34)32(37-24-18-16-11-9-7-5-2)26-30(33)28-20-22-29(36-3)23-21-28/h20-23,26-27,34H,4-19,24-25H2,1-3H3/p+1. The minimum Gasteiger partial charge on any atom is -0.497 e. The van der Waals surface area contributed by atoms with E-state index in [0.717, 1.165) is 34.9 Å². The average Bonchev–Trinajstić information content (AvgIpc) is 2.95. The monoisotopic (exact) mass is 541 g/mol. The number of ether oxygens (including phenoxy) is 2. The molecule has 0 aliphatic rings. The molecule has 0 unspecified atom stereocenters. The molecule has 0 saturated heterocycles. The lowest BCUT2D eigenvalue weighted by Crippen LogP contribution is -2.22. The van der Waals surface area contributed by atoms with Crippen LogP contribution in [0.2, 0.25) is 0 Å². The summed E-state index contributed by atoms with van der Waals surface area (Å²) >= 11 is 1.90. The van der Waals surface area contributed by atoms with Crippen LogP contribution in [0.15, 0.2) is 46.4 Å². The SMILES string of the molecule is CCCCCCCCCCCCSc1cc(N=[NH2+])c(OCCCCCCCC)cc1-c1ccc(OC)cc1. The Kier molecular flexibility index (Phi) is 17.7. The normalized spacial score (nSPS) is 11.0. The van der Waals surface area contributed by atoms with Gasteiger partial charge in [0.2, 0.25) is 0 Å². The van der Waals surface area contributed by atoms with Crippen LogP contribution in [0, 0.1) is 0 Å². The molecule has 212 valence electrons. The number of nitrogens with zero attached hydrogens (tertiary/aromatic N) is 1. The van der Waals surface area contributed by atoms with Gasteiger partial charge in [-0.25, -0.2) is 0 Å². The largest absolute Gasteiger partial charge is 0.497 e. The lowest BCUT2D eigenvalue weighted by Gasteiger charge is -2.15. The van der Waals surface area contributed by atoms with Gasteiger partial charge in [-0.1, -0.05) is 116 Å². The van der Waals surface area contributed by atoms with Crippen LogP contribution in [-0.2, 0) is 0 Å². The van der Waals surface area contributed by atoms with Gasteiger partial charge in [0, 0.05) is 4.90 Å². The lowest BCUT2D eigenvalue weighted by molar-refractivity contribution is -0.210. The molecule has 0 spiro atoms. The van der Waals surface area contributed by atoms with Crippen molar-refractivity contribution in [2.45, 2.75) is 121 Å². The Morgan fingerprint density at radius 1 is 0.711 bits per heavy atom. The molecular weight excluding hydrogens is 488 g/mol. The summed E-state index contributed by atoms with van der Waals surface area (Å²) in [7, 11) is 1.70. The van der Waals surface area contributed by atoms with Crippen molar-refractivity contribution in [3.63, 3.8) is 0 Å². The molecule has 0 radical (unpaired) electrons. The molecule has 2 rings (SSSR count). The summed E-state index contributed by atoms with van der Waals surface area (Å²) in [6, 6.07) is 12.5. The Morgan fingerprint density at radius 3 is 1.82 bits per heavy atom. The molecule has 0 amide bonds. The molecule has 0 aromatic heterocycles. The van der Waals surface area contributed by atoms with Gasteiger partial charge in [-0.05, 0) is 59.1 Å². The van der Waals surface area contributed by atoms with Gasteiger partial charge < -0.3 is 9.47 Å². The third-order valence-electron chi connectivity index (χ3n) is 7.11. The molecule has 5 heteroatoms. The van der Waals surface area contributed by atoms with Crippen LogP contribution in [0.1, 0.15) is 117 Å². The van der Waals surface area contributed by atoms with E-state index in [0.29, 0.717) is 6.61 Å². The highest BCUT2D eigenvalue weighted by atomic mass is 32.2. The molecular formula is C33H53N2O2S+. The minimum absolute atomic E-state index is 0.696. The van der Waals surface area contributed by atoms with Crippen LogP contribution in [0.3, 0.4) is 0 Å². The van der Waals surface area contributed by atoms with Crippen LogP contribution in [-0.4, -0.2) is 19.5 Å². The van der Waals surface area contributed by atoms with Crippen LogP contribution in [0.5, 0.6) is 11.5 Å². The molecule has 0 aliphatic heterocycles. The highest BCUT2D eigenvalue weighted by molar-refractivity contribution is 7.99. The van der Waals surface area contributed by atoms with Gasteiger partial charge in [0.05, 0.1) is 13.7 Å². The third kappa shape index (κ3) is 12.7. The number of hydrogen-bond acceptors (Lipinski definition) is 4. The maximum Gasteiger partial charge on any atom is 0.172 e. The second kappa shape index (κ2) is 20.9. The molecule has 0 atom stereocenters. The average molecular weight is 542 g/mol. The Labute approximate surface area is 237 Å². The number of nitrogens with two attached hydrogens (primary N) is 1. The van der Waals surface area contributed by atoms with E-state index < -0.39 is 0 Å². The van der Waals surface area contributed by atoms with E-state index in [1.807, 2.05) is 23.9 Å². The summed E-state index contributed by atoms with van der Waals surface area (Å²) in [4.78, 5) is 1.21. The first-order valence-electron chi connectivity index (χ1n) is 15.2. The van der Waals surface area contributed by atoms with Crippen molar-refractivity contribution in [3.8, 4) is 22.6 Å². The summed E-state index contributed by atoms with van der Waals surface area (Å²) in [5.41, 5.74) is 8.88. The van der Waals surface area contributed by atoms with Gasteiger partial charge in [-0.15, -0.1) is 11.8 Å². The quantitative estimate of drug-likeness (QED) is 0.0865. The van der Waals surface area contributed by atoms with Gasteiger partial charge in [-0.3, -0.25) is 0 Å². The number of rotatable bonds is 23. The van der Waals surface area contributed by atoms with Crippen LogP contribution < -0.4 is 15.0 Å². The lowest BCUT2D eigenvalue weighted by atomic mass is 10.0. The summed E-state index contributed by atoms with van der Waals surface area (Å²) in [5.74, 6) is 2.73. The van der Waals surface area contributed by atoms with E-state index in [9.17, 15) is 0 Å². The number of methoxy groups -OCH3 is 1. The molecule has 4 nitrogen and oxygen atoms in total. The van der Waals surface area contributed by atoms with Crippen molar-refractivity contribution in [2.24, 2.45) is 5.11 Å². The Balaban J connectivity index is 1.95. The molecule has 38 heavy (non-hydrogen) atoms. The van der Waals surface area contributed by atoms with Crippen molar-refractivity contribution in [1.29, 1.82) is 0 Å². The van der Waals surface area contributed by atoms with Crippen molar-refractivity contribution >= 4 is 17.4 Å².